The molecule has 1 aromatic heterocycles. The first-order valence-corrected chi connectivity index (χ1v) is 6.97. The van der Waals surface area contributed by atoms with E-state index in [1.807, 2.05) is 12.1 Å². The van der Waals surface area contributed by atoms with Gasteiger partial charge >= 0.3 is 0 Å². The lowest BCUT2D eigenvalue weighted by atomic mass is 10.2. The van der Waals surface area contributed by atoms with E-state index in [0.29, 0.717) is 0 Å². The quantitative estimate of drug-likeness (QED) is 0.614. The molecule has 0 saturated carbocycles. The Bertz CT molecular complexity index is 688. The van der Waals surface area contributed by atoms with Gasteiger partial charge in [0.1, 0.15) is 5.01 Å². The normalized spacial score (nSPS) is 10.9. The number of fused-ring (bicyclic) bond motifs is 1. The first-order valence-electron chi connectivity index (χ1n) is 5.36. The van der Waals surface area contributed by atoms with Crippen molar-refractivity contribution in [1.82, 2.24) is 4.98 Å². The molecule has 0 bridgehead atoms. The van der Waals surface area contributed by atoms with E-state index >= 15 is 0 Å². The lowest BCUT2D eigenvalue weighted by molar-refractivity contribution is 1.42. The molecule has 0 unspecified atom stereocenters. The van der Waals surface area contributed by atoms with Crippen molar-refractivity contribution in [2.75, 3.05) is 0 Å². The monoisotopic (exact) mass is 303 g/mol. The maximum absolute atomic E-state index is 4.72. The molecule has 0 amide bonds. The molecule has 3 rings (SSSR count). The van der Waals surface area contributed by atoms with Gasteiger partial charge in [-0.15, -0.1) is 11.3 Å². The minimum atomic E-state index is 1.08. The Labute approximate surface area is 112 Å². The topological polar surface area (TPSA) is 12.9 Å². The summed E-state index contributed by atoms with van der Waals surface area (Å²) in [5.74, 6) is 0. The zero-order chi connectivity index (χ0) is 11.8. The number of rotatable bonds is 1. The van der Waals surface area contributed by atoms with Gasteiger partial charge in [-0.1, -0.05) is 40.2 Å². The maximum atomic E-state index is 4.72. The van der Waals surface area contributed by atoms with Gasteiger partial charge in [-0.2, -0.15) is 0 Å². The summed E-state index contributed by atoms with van der Waals surface area (Å²) in [6.07, 6.45) is 0. The molecule has 0 N–H and O–H groups in total. The van der Waals surface area contributed by atoms with Gasteiger partial charge in [-0.3, -0.25) is 0 Å². The number of para-hydroxylation sites is 1. The van der Waals surface area contributed by atoms with Crippen molar-refractivity contribution in [2.45, 2.75) is 6.92 Å². The molecule has 2 aromatic carbocycles. The standard InChI is InChI=1S/C14H10BrNS/c1-9-4-2-7-12-13(9)16-14(17-12)10-5-3-6-11(15)8-10/h2-8H,1H3. The molecule has 0 atom stereocenters. The van der Waals surface area contributed by atoms with Gasteiger partial charge in [0.2, 0.25) is 0 Å². The van der Waals surface area contributed by atoms with E-state index in [9.17, 15) is 0 Å². The van der Waals surface area contributed by atoms with Crippen LogP contribution in [0, 0.1) is 6.92 Å². The van der Waals surface area contributed by atoms with Crippen LogP contribution < -0.4 is 0 Å². The highest BCUT2D eigenvalue weighted by Crippen LogP contribution is 2.32. The van der Waals surface area contributed by atoms with Gasteiger partial charge in [0.05, 0.1) is 10.2 Å². The largest absolute Gasteiger partial charge is 0.236 e. The molecule has 0 fully saturated rings. The highest BCUT2D eigenvalue weighted by molar-refractivity contribution is 9.10. The minimum absolute atomic E-state index is 1.08. The SMILES string of the molecule is Cc1cccc2sc(-c3cccc(Br)c3)nc12. The van der Waals surface area contributed by atoms with E-state index in [0.717, 1.165) is 15.0 Å². The molecule has 3 aromatic rings. The molecule has 0 aliphatic heterocycles. The van der Waals surface area contributed by atoms with E-state index in [2.05, 4.69) is 53.2 Å². The van der Waals surface area contributed by atoms with Gasteiger partial charge in [0.15, 0.2) is 0 Å². The number of aromatic nitrogens is 1. The second-order valence-corrected chi connectivity index (χ2v) is 5.90. The Morgan fingerprint density at radius 3 is 2.71 bits per heavy atom. The molecule has 0 radical (unpaired) electrons. The predicted molar refractivity (Wildman–Crippen MR) is 77.5 cm³/mol. The summed E-state index contributed by atoms with van der Waals surface area (Å²) in [7, 11) is 0. The fourth-order valence-electron chi connectivity index (χ4n) is 1.83. The molecule has 1 heterocycles. The van der Waals surface area contributed by atoms with Crippen molar-refractivity contribution >= 4 is 37.5 Å². The summed E-state index contributed by atoms with van der Waals surface area (Å²) in [6.45, 7) is 2.10. The van der Waals surface area contributed by atoms with Gasteiger partial charge < -0.3 is 0 Å². The summed E-state index contributed by atoms with van der Waals surface area (Å²) in [5, 5.41) is 1.08. The molecule has 0 aliphatic carbocycles. The van der Waals surface area contributed by atoms with E-state index < -0.39 is 0 Å². The second-order valence-electron chi connectivity index (χ2n) is 3.95. The summed E-state index contributed by atoms with van der Waals surface area (Å²) in [4.78, 5) is 4.72. The van der Waals surface area contributed by atoms with Crippen molar-refractivity contribution in [3.05, 3.63) is 52.5 Å². The number of hydrogen-bond donors (Lipinski definition) is 0. The first-order chi connectivity index (χ1) is 8.24. The van der Waals surface area contributed by atoms with Crippen LogP contribution in [0.4, 0.5) is 0 Å². The van der Waals surface area contributed by atoms with Crippen molar-refractivity contribution < 1.29 is 0 Å². The Morgan fingerprint density at radius 1 is 1.12 bits per heavy atom. The number of thiazole rings is 1. The number of nitrogens with zero attached hydrogens (tertiary/aromatic N) is 1. The highest BCUT2D eigenvalue weighted by Gasteiger charge is 2.07. The highest BCUT2D eigenvalue weighted by atomic mass is 79.9. The lowest BCUT2D eigenvalue weighted by Crippen LogP contribution is -1.77. The van der Waals surface area contributed by atoms with E-state index in [-0.39, 0.29) is 0 Å². The summed E-state index contributed by atoms with van der Waals surface area (Å²) >= 11 is 5.24. The minimum Gasteiger partial charge on any atom is -0.236 e. The molecule has 0 spiro atoms. The lowest BCUT2D eigenvalue weighted by Gasteiger charge is -1.95. The summed E-state index contributed by atoms with van der Waals surface area (Å²) in [6, 6.07) is 14.6. The summed E-state index contributed by atoms with van der Waals surface area (Å²) < 4.78 is 2.34. The van der Waals surface area contributed by atoms with Gasteiger partial charge in [0, 0.05) is 10.0 Å². The van der Waals surface area contributed by atoms with Crippen molar-refractivity contribution in [1.29, 1.82) is 0 Å². The van der Waals surface area contributed by atoms with Crippen LogP contribution in [-0.2, 0) is 0 Å². The molecular weight excluding hydrogens is 294 g/mol. The number of benzene rings is 2. The molecule has 0 saturated heterocycles. The third-order valence-electron chi connectivity index (χ3n) is 2.69. The Balaban J connectivity index is 2.22. The zero-order valence-corrected chi connectivity index (χ0v) is 11.7. The van der Waals surface area contributed by atoms with Crippen LogP contribution >= 0.6 is 27.3 Å². The van der Waals surface area contributed by atoms with Crippen molar-refractivity contribution in [3.8, 4) is 10.6 Å². The number of aryl methyl sites for hydroxylation is 1. The molecule has 84 valence electrons. The molecule has 1 nitrogen and oxygen atoms in total. The molecule has 0 aliphatic rings. The first kappa shape index (κ1) is 10.9. The average Bonchev–Trinajstić information content (AvgIpc) is 2.74. The Kier molecular flexibility index (Phi) is 2.73. The molecule has 3 heteroatoms. The van der Waals surface area contributed by atoms with Crippen LogP contribution in [-0.4, -0.2) is 4.98 Å². The van der Waals surface area contributed by atoms with Crippen LogP contribution in [0.2, 0.25) is 0 Å². The van der Waals surface area contributed by atoms with Gasteiger partial charge in [-0.05, 0) is 30.7 Å². The van der Waals surface area contributed by atoms with Crippen LogP contribution in [0.3, 0.4) is 0 Å². The fourth-order valence-corrected chi connectivity index (χ4v) is 3.27. The Hall–Kier alpha value is -1.19. The third-order valence-corrected chi connectivity index (χ3v) is 4.26. The van der Waals surface area contributed by atoms with E-state index in [1.54, 1.807) is 11.3 Å². The molecule has 17 heavy (non-hydrogen) atoms. The fraction of sp³-hybridized carbons (Fsp3) is 0.0714. The van der Waals surface area contributed by atoms with E-state index in [1.165, 1.54) is 15.8 Å². The number of hydrogen-bond acceptors (Lipinski definition) is 2. The number of halogens is 1. The predicted octanol–water partition coefficient (Wildman–Crippen LogP) is 5.03. The van der Waals surface area contributed by atoms with Crippen LogP contribution in [0.15, 0.2) is 46.9 Å². The van der Waals surface area contributed by atoms with Crippen molar-refractivity contribution in [3.63, 3.8) is 0 Å². The smallest absolute Gasteiger partial charge is 0.124 e. The van der Waals surface area contributed by atoms with Crippen LogP contribution in [0.5, 0.6) is 0 Å². The average molecular weight is 304 g/mol. The van der Waals surface area contributed by atoms with Crippen LogP contribution in [0.1, 0.15) is 5.56 Å². The van der Waals surface area contributed by atoms with Gasteiger partial charge in [0.25, 0.3) is 0 Å². The Morgan fingerprint density at radius 2 is 1.94 bits per heavy atom. The summed E-state index contributed by atoms with van der Waals surface area (Å²) in [5.41, 5.74) is 3.52. The maximum Gasteiger partial charge on any atom is 0.124 e. The zero-order valence-electron chi connectivity index (χ0n) is 9.27. The van der Waals surface area contributed by atoms with Crippen LogP contribution in [0.25, 0.3) is 20.8 Å². The third kappa shape index (κ3) is 2.01. The van der Waals surface area contributed by atoms with E-state index in [4.69, 9.17) is 4.98 Å². The van der Waals surface area contributed by atoms with Gasteiger partial charge in [-0.25, -0.2) is 4.98 Å². The second kappa shape index (κ2) is 4.24. The van der Waals surface area contributed by atoms with Crippen molar-refractivity contribution in [2.24, 2.45) is 0 Å². The molecular formula is C14H10BrNS.